The summed E-state index contributed by atoms with van der Waals surface area (Å²) in [4.78, 5) is 0. The third-order valence-corrected chi connectivity index (χ3v) is 0.734. The molecule has 0 saturated heterocycles. The molecule has 0 aliphatic heterocycles. The Labute approximate surface area is 67.9 Å². The van der Waals surface area contributed by atoms with E-state index in [1.807, 2.05) is 0 Å². The van der Waals surface area contributed by atoms with Crippen molar-refractivity contribution < 1.29 is 0 Å². The Hall–Kier alpha value is -0.890. The molecule has 4 heteroatoms. The smallest absolute Gasteiger partial charge is 0.0905 e. The molecule has 0 saturated carbocycles. The first kappa shape index (κ1) is 12.8. The molecule has 0 amide bonds. The van der Waals surface area contributed by atoms with Gasteiger partial charge in [0.1, 0.15) is 0 Å². The fourth-order valence-corrected chi connectivity index (χ4v) is 0.329. The lowest BCUT2D eigenvalue weighted by Crippen LogP contribution is -2.27. The predicted octanol–water partition coefficient (Wildman–Crippen LogP) is -0.811. The van der Waals surface area contributed by atoms with Crippen LogP contribution in [0.2, 0.25) is 0 Å². The van der Waals surface area contributed by atoms with E-state index in [2.05, 4.69) is 11.9 Å². The number of hydrogen-bond acceptors (Lipinski definition) is 4. The molecular weight excluding hydrogens is 140 g/mol. The fraction of sp³-hybridized carbons (Fsp3) is 0.571. The lowest BCUT2D eigenvalue weighted by molar-refractivity contribution is 0.696. The molecule has 0 spiro atoms. The van der Waals surface area contributed by atoms with Crippen molar-refractivity contribution in [3.8, 4) is 6.07 Å². The summed E-state index contributed by atoms with van der Waals surface area (Å²) in [6, 6.07) is 1.69. The standard InChI is InChI=1S/C4H13N3.C3H3N/c5-1-3-7-4-2-6;1-2-3-4/h7H,1-6H2;2H,1H2. The molecule has 0 radical (unpaired) electrons. The predicted molar refractivity (Wildman–Crippen MR) is 46.8 cm³/mol. The van der Waals surface area contributed by atoms with Gasteiger partial charge in [0.2, 0.25) is 0 Å². The number of nitrogens with two attached hydrogens (primary N) is 2. The average Bonchev–Trinajstić information content (AvgIpc) is 2.06. The first-order valence-corrected chi connectivity index (χ1v) is 3.44. The molecule has 0 aliphatic carbocycles. The average molecular weight is 156 g/mol. The number of nitrogens with zero attached hydrogens (tertiary/aromatic N) is 1. The maximum atomic E-state index is 7.51. The molecule has 4 nitrogen and oxygen atoms in total. The minimum atomic E-state index is 0.694. The molecule has 64 valence electrons. The van der Waals surface area contributed by atoms with E-state index in [1.54, 1.807) is 6.07 Å². The van der Waals surface area contributed by atoms with Crippen molar-refractivity contribution in [2.75, 3.05) is 26.2 Å². The highest BCUT2D eigenvalue weighted by Crippen LogP contribution is 1.49. The second kappa shape index (κ2) is 16.1. The van der Waals surface area contributed by atoms with Gasteiger partial charge < -0.3 is 16.8 Å². The molecule has 0 aliphatic rings. The molecule has 11 heavy (non-hydrogen) atoms. The van der Waals surface area contributed by atoms with Crippen molar-refractivity contribution in [1.82, 2.24) is 5.32 Å². The summed E-state index contributed by atoms with van der Waals surface area (Å²) in [7, 11) is 0. The van der Waals surface area contributed by atoms with Gasteiger partial charge in [0.15, 0.2) is 0 Å². The minimum Gasteiger partial charge on any atom is -0.329 e. The minimum absolute atomic E-state index is 0.694. The van der Waals surface area contributed by atoms with Gasteiger partial charge in [-0.2, -0.15) is 5.26 Å². The Morgan fingerprint density at radius 3 is 1.91 bits per heavy atom. The summed E-state index contributed by atoms with van der Waals surface area (Å²) in [6.45, 7) is 6.25. The van der Waals surface area contributed by atoms with Gasteiger partial charge in [0, 0.05) is 32.3 Å². The molecule has 0 atom stereocenters. The van der Waals surface area contributed by atoms with E-state index in [1.165, 1.54) is 6.08 Å². The largest absolute Gasteiger partial charge is 0.329 e. The SMILES string of the molecule is C=CC#N.NCCNCCN. The van der Waals surface area contributed by atoms with E-state index in [0.29, 0.717) is 13.1 Å². The molecule has 5 N–H and O–H groups in total. The lowest BCUT2D eigenvalue weighted by atomic mass is 10.6. The molecule has 0 aromatic rings. The number of nitrogens with one attached hydrogen (secondary N) is 1. The summed E-state index contributed by atoms with van der Waals surface area (Å²) < 4.78 is 0. The quantitative estimate of drug-likeness (QED) is 0.367. The van der Waals surface area contributed by atoms with Crippen LogP contribution in [0.3, 0.4) is 0 Å². The molecule has 0 heterocycles. The van der Waals surface area contributed by atoms with Crippen LogP contribution in [0.1, 0.15) is 0 Å². The van der Waals surface area contributed by atoms with Crippen LogP contribution in [0, 0.1) is 11.3 Å². The summed E-state index contributed by atoms with van der Waals surface area (Å²) in [5.74, 6) is 0. The van der Waals surface area contributed by atoms with Gasteiger partial charge in [-0.3, -0.25) is 0 Å². The van der Waals surface area contributed by atoms with Crippen molar-refractivity contribution >= 4 is 0 Å². The lowest BCUT2D eigenvalue weighted by Gasteiger charge is -1.95. The van der Waals surface area contributed by atoms with E-state index in [4.69, 9.17) is 16.7 Å². The second-order valence-electron chi connectivity index (χ2n) is 1.66. The van der Waals surface area contributed by atoms with E-state index in [9.17, 15) is 0 Å². The summed E-state index contributed by atoms with van der Waals surface area (Å²) >= 11 is 0. The number of hydrogen-bond donors (Lipinski definition) is 3. The molecule has 0 unspecified atom stereocenters. The van der Waals surface area contributed by atoms with Crippen molar-refractivity contribution in [2.45, 2.75) is 0 Å². The van der Waals surface area contributed by atoms with Crippen molar-refractivity contribution in [2.24, 2.45) is 11.5 Å². The maximum absolute atomic E-state index is 7.51. The number of allylic oxidation sites excluding steroid dienone is 1. The van der Waals surface area contributed by atoms with Gasteiger partial charge in [-0.15, -0.1) is 0 Å². The van der Waals surface area contributed by atoms with E-state index < -0.39 is 0 Å². The Balaban J connectivity index is 0. The van der Waals surface area contributed by atoms with Crippen LogP contribution in [-0.2, 0) is 0 Å². The Morgan fingerprint density at radius 2 is 1.73 bits per heavy atom. The molecule has 0 bridgehead atoms. The van der Waals surface area contributed by atoms with Crippen LogP contribution in [0.25, 0.3) is 0 Å². The zero-order valence-electron chi connectivity index (χ0n) is 6.71. The maximum Gasteiger partial charge on any atom is 0.0905 e. The Morgan fingerprint density at radius 1 is 1.36 bits per heavy atom. The van der Waals surface area contributed by atoms with E-state index in [-0.39, 0.29) is 0 Å². The highest BCUT2D eigenvalue weighted by Gasteiger charge is 1.76. The van der Waals surface area contributed by atoms with Crippen molar-refractivity contribution in [3.63, 3.8) is 0 Å². The highest BCUT2D eigenvalue weighted by molar-refractivity contribution is 4.93. The van der Waals surface area contributed by atoms with Gasteiger partial charge in [-0.1, -0.05) is 6.58 Å². The van der Waals surface area contributed by atoms with Crippen LogP contribution in [0.15, 0.2) is 12.7 Å². The van der Waals surface area contributed by atoms with Gasteiger partial charge in [0.05, 0.1) is 6.07 Å². The van der Waals surface area contributed by atoms with Crippen LogP contribution < -0.4 is 16.8 Å². The number of rotatable bonds is 4. The molecule has 0 aromatic heterocycles. The molecule has 0 rings (SSSR count). The summed E-state index contributed by atoms with van der Waals surface area (Å²) in [5, 5.41) is 10.5. The van der Waals surface area contributed by atoms with Crippen molar-refractivity contribution in [1.29, 1.82) is 5.26 Å². The molecule has 0 aromatic carbocycles. The first-order chi connectivity index (χ1) is 5.33. The Bertz CT molecular complexity index is 101. The second-order valence-corrected chi connectivity index (χ2v) is 1.66. The zero-order valence-corrected chi connectivity index (χ0v) is 6.71. The zero-order chi connectivity index (χ0) is 8.95. The highest BCUT2D eigenvalue weighted by atomic mass is 14.9. The molecule has 0 fully saturated rings. The molecular formula is C7H16N4. The van der Waals surface area contributed by atoms with Gasteiger partial charge >= 0.3 is 0 Å². The van der Waals surface area contributed by atoms with Crippen LogP contribution in [0.4, 0.5) is 0 Å². The monoisotopic (exact) mass is 156 g/mol. The van der Waals surface area contributed by atoms with Crippen LogP contribution in [0.5, 0.6) is 0 Å². The first-order valence-electron chi connectivity index (χ1n) is 3.44. The van der Waals surface area contributed by atoms with Crippen molar-refractivity contribution in [3.05, 3.63) is 12.7 Å². The van der Waals surface area contributed by atoms with Gasteiger partial charge in [-0.05, 0) is 0 Å². The summed E-state index contributed by atoms with van der Waals surface area (Å²) in [5.41, 5.74) is 10.3. The number of nitriles is 1. The fourth-order valence-electron chi connectivity index (χ4n) is 0.329. The van der Waals surface area contributed by atoms with Crippen LogP contribution in [-0.4, -0.2) is 26.2 Å². The third-order valence-electron chi connectivity index (χ3n) is 0.734. The van der Waals surface area contributed by atoms with E-state index >= 15 is 0 Å². The van der Waals surface area contributed by atoms with Gasteiger partial charge in [0.25, 0.3) is 0 Å². The normalized spacial score (nSPS) is 7.36. The van der Waals surface area contributed by atoms with Crippen LogP contribution >= 0.6 is 0 Å². The van der Waals surface area contributed by atoms with Gasteiger partial charge in [-0.25, -0.2) is 0 Å². The third kappa shape index (κ3) is 27.3. The van der Waals surface area contributed by atoms with E-state index in [0.717, 1.165) is 13.1 Å². The summed E-state index contributed by atoms with van der Waals surface area (Å²) in [6.07, 6.45) is 1.18. The Kier molecular flexibility index (Phi) is 18.6. The topological polar surface area (TPSA) is 87.9 Å².